The molecule has 1 aromatic heterocycles. The van der Waals surface area contributed by atoms with Gasteiger partial charge in [-0.05, 0) is 51.8 Å². The number of rotatable bonds is 2. The molecule has 2 aromatic rings. The Balaban J connectivity index is 1.97. The lowest BCUT2D eigenvalue weighted by molar-refractivity contribution is -0.123. The molecule has 3 rings (SSSR count). The smallest absolute Gasteiger partial charge is 0.255 e. The largest absolute Gasteiger partial charge is 0.369 e. The summed E-state index contributed by atoms with van der Waals surface area (Å²) in [6.45, 7) is 6.28. The maximum Gasteiger partial charge on any atom is 0.255 e. The second kappa shape index (κ2) is 6.23. The van der Waals surface area contributed by atoms with Gasteiger partial charge in [0.1, 0.15) is 0 Å². The first-order valence-electron chi connectivity index (χ1n) is 8.35. The van der Waals surface area contributed by atoms with Crippen LogP contribution in [0.5, 0.6) is 0 Å². The molecule has 2 unspecified atom stereocenters. The van der Waals surface area contributed by atoms with Crippen molar-refractivity contribution < 1.29 is 9.59 Å². The van der Waals surface area contributed by atoms with Crippen molar-refractivity contribution in [1.29, 1.82) is 0 Å². The van der Waals surface area contributed by atoms with Crippen LogP contribution in [0.4, 0.5) is 0 Å². The molecule has 1 aliphatic heterocycles. The minimum Gasteiger partial charge on any atom is -0.369 e. The van der Waals surface area contributed by atoms with E-state index in [1.54, 1.807) is 4.90 Å². The van der Waals surface area contributed by atoms with Gasteiger partial charge in [0.15, 0.2) is 0 Å². The number of amides is 2. The molecule has 2 N–H and O–H groups in total. The second-order valence-corrected chi connectivity index (χ2v) is 6.80. The molecule has 5 nitrogen and oxygen atoms in total. The van der Waals surface area contributed by atoms with Crippen LogP contribution in [0.2, 0.25) is 0 Å². The number of hydrogen-bond donors (Lipinski definition) is 1. The normalized spacial score (nSPS) is 21.0. The van der Waals surface area contributed by atoms with Crippen molar-refractivity contribution in [2.75, 3.05) is 6.54 Å². The predicted molar refractivity (Wildman–Crippen MR) is 93.6 cm³/mol. The van der Waals surface area contributed by atoms with Gasteiger partial charge in [0.2, 0.25) is 5.91 Å². The first kappa shape index (κ1) is 16.4. The molecule has 0 spiro atoms. The highest BCUT2D eigenvalue weighted by atomic mass is 16.2. The number of aryl methyl sites for hydroxylation is 2. The summed E-state index contributed by atoms with van der Waals surface area (Å²) in [7, 11) is 0. The lowest BCUT2D eigenvalue weighted by atomic mass is 9.92. The van der Waals surface area contributed by atoms with Crippen molar-refractivity contribution in [3.63, 3.8) is 0 Å². The quantitative estimate of drug-likeness (QED) is 0.922. The van der Waals surface area contributed by atoms with E-state index in [0.717, 1.165) is 29.3 Å². The van der Waals surface area contributed by atoms with Crippen LogP contribution in [-0.4, -0.2) is 34.3 Å². The Labute approximate surface area is 141 Å². The van der Waals surface area contributed by atoms with Crippen LogP contribution in [0, 0.1) is 19.8 Å². The highest BCUT2D eigenvalue weighted by molar-refractivity contribution is 5.99. The average Bonchev–Trinajstić information content (AvgIpc) is 2.54. The molecular formula is C19H23N3O2. The third kappa shape index (κ3) is 2.98. The Bertz CT molecular complexity index is 816. The fourth-order valence-electron chi connectivity index (χ4n) is 3.39. The Hall–Kier alpha value is -2.43. The van der Waals surface area contributed by atoms with Gasteiger partial charge in [0, 0.05) is 18.0 Å². The third-order valence-corrected chi connectivity index (χ3v) is 4.94. The van der Waals surface area contributed by atoms with E-state index in [1.165, 1.54) is 0 Å². The summed E-state index contributed by atoms with van der Waals surface area (Å²) >= 11 is 0. The lowest BCUT2D eigenvalue weighted by Crippen LogP contribution is -2.48. The molecular weight excluding hydrogens is 302 g/mol. The van der Waals surface area contributed by atoms with Gasteiger partial charge in [-0.2, -0.15) is 0 Å². The van der Waals surface area contributed by atoms with Gasteiger partial charge in [0.25, 0.3) is 5.91 Å². The first-order chi connectivity index (χ1) is 11.4. The van der Waals surface area contributed by atoms with E-state index in [1.807, 2.05) is 45.0 Å². The summed E-state index contributed by atoms with van der Waals surface area (Å²) in [5.41, 5.74) is 8.78. The van der Waals surface area contributed by atoms with Crippen LogP contribution in [0.1, 0.15) is 41.4 Å². The van der Waals surface area contributed by atoms with Crippen LogP contribution in [0.3, 0.4) is 0 Å². The number of piperidine rings is 1. The standard InChI is InChI=1S/C19H23N3O2/c1-11-4-7-17-15(8-11)9-16(13(3)21-17)19(24)22-10-14(18(20)23)6-5-12(22)2/h4,7-9,12,14H,5-6,10H2,1-3H3,(H2,20,23). The summed E-state index contributed by atoms with van der Waals surface area (Å²) in [4.78, 5) is 30.9. The van der Waals surface area contributed by atoms with E-state index in [2.05, 4.69) is 4.98 Å². The minimum absolute atomic E-state index is 0.0677. The third-order valence-electron chi connectivity index (χ3n) is 4.94. The second-order valence-electron chi connectivity index (χ2n) is 6.80. The molecule has 2 amide bonds. The molecule has 1 saturated heterocycles. The molecule has 2 atom stereocenters. The molecule has 0 bridgehead atoms. The maximum atomic E-state index is 13.1. The van der Waals surface area contributed by atoms with Crippen molar-refractivity contribution in [2.24, 2.45) is 11.7 Å². The molecule has 24 heavy (non-hydrogen) atoms. The van der Waals surface area contributed by atoms with Crippen LogP contribution < -0.4 is 5.73 Å². The zero-order chi connectivity index (χ0) is 17.4. The minimum atomic E-state index is -0.330. The van der Waals surface area contributed by atoms with Crippen molar-refractivity contribution in [3.8, 4) is 0 Å². The van der Waals surface area contributed by atoms with Gasteiger partial charge in [0.05, 0.1) is 22.7 Å². The zero-order valence-electron chi connectivity index (χ0n) is 14.4. The number of carbonyl (C=O) groups excluding carboxylic acids is 2. The van der Waals surface area contributed by atoms with Crippen molar-refractivity contribution in [1.82, 2.24) is 9.88 Å². The number of primary amides is 1. The molecule has 0 aliphatic carbocycles. The monoisotopic (exact) mass is 325 g/mol. The summed E-state index contributed by atoms with van der Waals surface area (Å²) in [5.74, 6) is -0.661. The van der Waals surface area contributed by atoms with Crippen LogP contribution in [-0.2, 0) is 4.79 Å². The number of nitrogens with zero attached hydrogens (tertiary/aromatic N) is 2. The molecule has 1 aliphatic rings. The highest BCUT2D eigenvalue weighted by Crippen LogP contribution is 2.26. The molecule has 126 valence electrons. The summed E-state index contributed by atoms with van der Waals surface area (Å²) < 4.78 is 0. The summed E-state index contributed by atoms with van der Waals surface area (Å²) in [6, 6.07) is 8.03. The molecule has 1 aromatic carbocycles. The number of carbonyl (C=O) groups is 2. The SMILES string of the molecule is Cc1ccc2nc(C)c(C(=O)N3CC(C(N)=O)CCC3C)cc2c1. The van der Waals surface area contributed by atoms with Crippen LogP contribution in [0.25, 0.3) is 10.9 Å². The van der Waals surface area contributed by atoms with E-state index in [9.17, 15) is 9.59 Å². The fourth-order valence-corrected chi connectivity index (χ4v) is 3.39. The number of likely N-dealkylation sites (tertiary alicyclic amines) is 1. The number of nitrogens with two attached hydrogens (primary N) is 1. The Kier molecular flexibility index (Phi) is 4.26. The van der Waals surface area contributed by atoms with E-state index in [0.29, 0.717) is 17.8 Å². The molecule has 1 fully saturated rings. The lowest BCUT2D eigenvalue weighted by Gasteiger charge is -2.37. The summed E-state index contributed by atoms with van der Waals surface area (Å²) in [6.07, 6.45) is 1.53. The molecule has 0 saturated carbocycles. The van der Waals surface area contributed by atoms with Crippen molar-refractivity contribution >= 4 is 22.7 Å². The van der Waals surface area contributed by atoms with Crippen LogP contribution >= 0.6 is 0 Å². The van der Waals surface area contributed by atoms with Crippen LogP contribution in [0.15, 0.2) is 24.3 Å². The topological polar surface area (TPSA) is 76.3 Å². The number of benzene rings is 1. The summed E-state index contributed by atoms with van der Waals surface area (Å²) in [5, 5.41) is 0.958. The molecule has 2 heterocycles. The number of hydrogen-bond acceptors (Lipinski definition) is 3. The highest BCUT2D eigenvalue weighted by Gasteiger charge is 2.32. The fraction of sp³-hybridized carbons (Fsp3) is 0.421. The number of pyridine rings is 1. The van der Waals surface area contributed by atoms with Crippen molar-refractivity contribution in [2.45, 2.75) is 39.7 Å². The van der Waals surface area contributed by atoms with E-state index >= 15 is 0 Å². The Morgan fingerprint density at radius 3 is 2.67 bits per heavy atom. The van der Waals surface area contributed by atoms with Gasteiger partial charge in [-0.1, -0.05) is 11.6 Å². The Morgan fingerprint density at radius 2 is 1.96 bits per heavy atom. The zero-order valence-corrected chi connectivity index (χ0v) is 14.4. The van der Waals surface area contributed by atoms with Gasteiger partial charge in [-0.3, -0.25) is 14.6 Å². The van der Waals surface area contributed by atoms with Crippen molar-refractivity contribution in [3.05, 3.63) is 41.1 Å². The number of aromatic nitrogens is 1. The average molecular weight is 325 g/mol. The van der Waals surface area contributed by atoms with Gasteiger partial charge in [-0.15, -0.1) is 0 Å². The first-order valence-corrected chi connectivity index (χ1v) is 8.35. The molecule has 5 heteroatoms. The van der Waals surface area contributed by atoms with E-state index in [-0.39, 0.29) is 23.8 Å². The van der Waals surface area contributed by atoms with Gasteiger partial charge >= 0.3 is 0 Å². The maximum absolute atomic E-state index is 13.1. The Morgan fingerprint density at radius 1 is 1.21 bits per heavy atom. The van der Waals surface area contributed by atoms with E-state index in [4.69, 9.17) is 5.73 Å². The predicted octanol–water partition coefficient (Wildman–Crippen LogP) is 2.58. The van der Waals surface area contributed by atoms with Gasteiger partial charge < -0.3 is 10.6 Å². The van der Waals surface area contributed by atoms with Gasteiger partial charge in [-0.25, -0.2) is 0 Å². The van der Waals surface area contributed by atoms with E-state index < -0.39 is 0 Å². The number of fused-ring (bicyclic) bond motifs is 1. The molecule has 0 radical (unpaired) electrons.